The summed E-state index contributed by atoms with van der Waals surface area (Å²) in [5.41, 5.74) is 2.36. The van der Waals surface area contributed by atoms with Crippen LogP contribution >= 0.6 is 15.9 Å². The minimum Gasteiger partial charge on any atom is -0.483 e. The molecular formula is C21H18BrN3O4. The van der Waals surface area contributed by atoms with Gasteiger partial charge in [0.15, 0.2) is 6.61 Å². The van der Waals surface area contributed by atoms with Crippen molar-refractivity contribution in [2.45, 2.75) is 6.54 Å². The van der Waals surface area contributed by atoms with Gasteiger partial charge >= 0.3 is 0 Å². The quantitative estimate of drug-likeness (QED) is 0.368. The number of para-hydroxylation sites is 1. The number of halogens is 1. The Morgan fingerprint density at radius 1 is 1.00 bits per heavy atom. The van der Waals surface area contributed by atoms with Crippen molar-refractivity contribution in [1.82, 2.24) is 0 Å². The second kappa shape index (κ2) is 9.70. The number of rotatable bonds is 8. The van der Waals surface area contributed by atoms with Gasteiger partial charge in [-0.05, 0) is 51.8 Å². The fourth-order valence-corrected chi connectivity index (χ4v) is 3.11. The van der Waals surface area contributed by atoms with Gasteiger partial charge in [0.2, 0.25) is 0 Å². The van der Waals surface area contributed by atoms with E-state index in [0.29, 0.717) is 28.1 Å². The van der Waals surface area contributed by atoms with E-state index < -0.39 is 4.92 Å². The van der Waals surface area contributed by atoms with Crippen molar-refractivity contribution < 1.29 is 14.5 Å². The van der Waals surface area contributed by atoms with Crippen molar-refractivity contribution in [1.29, 1.82) is 0 Å². The molecule has 1 amide bonds. The van der Waals surface area contributed by atoms with E-state index in [1.165, 1.54) is 12.1 Å². The smallest absolute Gasteiger partial charge is 0.271 e. The van der Waals surface area contributed by atoms with E-state index in [4.69, 9.17) is 4.74 Å². The molecule has 0 fully saturated rings. The number of non-ortho nitro benzene ring substituents is 1. The summed E-state index contributed by atoms with van der Waals surface area (Å²) in [5.74, 6) is 0.298. The van der Waals surface area contributed by atoms with Gasteiger partial charge in [-0.2, -0.15) is 0 Å². The number of benzene rings is 3. The second-order valence-electron chi connectivity index (χ2n) is 6.13. The molecule has 0 unspecified atom stereocenters. The maximum absolute atomic E-state index is 12.0. The Kier molecular flexibility index (Phi) is 6.80. The summed E-state index contributed by atoms with van der Waals surface area (Å²) < 4.78 is 6.29. The van der Waals surface area contributed by atoms with E-state index in [-0.39, 0.29) is 18.2 Å². The monoisotopic (exact) mass is 455 g/mol. The van der Waals surface area contributed by atoms with Gasteiger partial charge in [0.05, 0.1) is 9.40 Å². The zero-order chi connectivity index (χ0) is 20.6. The molecule has 0 aliphatic carbocycles. The molecule has 2 N–H and O–H groups in total. The standard InChI is InChI=1S/C21H18BrN3O4/c22-19-11-15(13-23-17-7-4-8-18(12-17)25(27)28)9-10-20(19)29-14-21(26)24-16-5-2-1-3-6-16/h1-12,23H,13-14H2,(H,24,26). The number of nitro groups is 1. The second-order valence-corrected chi connectivity index (χ2v) is 6.98. The van der Waals surface area contributed by atoms with E-state index in [9.17, 15) is 14.9 Å². The van der Waals surface area contributed by atoms with Crippen molar-refractivity contribution in [3.05, 3.63) is 92.9 Å². The molecule has 0 radical (unpaired) electrons. The van der Waals surface area contributed by atoms with Gasteiger partial charge in [-0.25, -0.2) is 0 Å². The molecule has 8 heteroatoms. The number of nitrogens with one attached hydrogen (secondary N) is 2. The van der Waals surface area contributed by atoms with Crippen LogP contribution in [0, 0.1) is 10.1 Å². The summed E-state index contributed by atoms with van der Waals surface area (Å²) in [4.78, 5) is 22.4. The number of nitrogens with zero attached hydrogens (tertiary/aromatic N) is 1. The maximum atomic E-state index is 12.0. The molecule has 0 aliphatic rings. The Morgan fingerprint density at radius 2 is 1.76 bits per heavy atom. The van der Waals surface area contributed by atoms with Crippen LogP contribution in [0.3, 0.4) is 0 Å². The number of anilines is 2. The summed E-state index contributed by atoms with van der Waals surface area (Å²) >= 11 is 3.45. The molecule has 0 aliphatic heterocycles. The van der Waals surface area contributed by atoms with Crippen molar-refractivity contribution >= 4 is 38.9 Å². The number of hydrogen-bond acceptors (Lipinski definition) is 5. The summed E-state index contributed by atoms with van der Waals surface area (Å²) in [6, 6.07) is 21.0. The Hall–Kier alpha value is -3.39. The first-order chi connectivity index (χ1) is 14.0. The van der Waals surface area contributed by atoms with Crippen LogP contribution in [-0.2, 0) is 11.3 Å². The summed E-state index contributed by atoms with van der Waals surface area (Å²) in [6.07, 6.45) is 0. The maximum Gasteiger partial charge on any atom is 0.271 e. The van der Waals surface area contributed by atoms with Crippen LogP contribution in [-0.4, -0.2) is 17.4 Å². The summed E-state index contributed by atoms with van der Waals surface area (Å²) in [6.45, 7) is 0.368. The predicted molar refractivity (Wildman–Crippen MR) is 115 cm³/mol. The molecule has 0 heterocycles. The van der Waals surface area contributed by atoms with Gasteiger partial charge in [0.1, 0.15) is 5.75 Å². The predicted octanol–water partition coefficient (Wildman–Crippen LogP) is 4.99. The van der Waals surface area contributed by atoms with Crippen molar-refractivity contribution in [2.24, 2.45) is 0 Å². The van der Waals surface area contributed by atoms with Crippen LogP contribution < -0.4 is 15.4 Å². The molecule has 7 nitrogen and oxygen atoms in total. The molecule has 148 valence electrons. The first-order valence-electron chi connectivity index (χ1n) is 8.76. The number of carbonyl (C=O) groups excluding carboxylic acids is 1. The lowest BCUT2D eigenvalue weighted by Crippen LogP contribution is -2.20. The molecule has 0 saturated heterocycles. The highest BCUT2D eigenvalue weighted by Gasteiger charge is 2.08. The molecule has 3 aromatic carbocycles. The Bertz CT molecular complexity index is 1010. The average Bonchev–Trinajstić information content (AvgIpc) is 2.72. The van der Waals surface area contributed by atoms with Crippen LogP contribution in [0.2, 0.25) is 0 Å². The van der Waals surface area contributed by atoms with Crippen LogP contribution in [0.25, 0.3) is 0 Å². The number of hydrogen-bond donors (Lipinski definition) is 2. The first kappa shape index (κ1) is 20.3. The minimum absolute atomic E-state index is 0.0358. The van der Waals surface area contributed by atoms with Crippen LogP contribution in [0.5, 0.6) is 5.75 Å². The fraction of sp³-hybridized carbons (Fsp3) is 0.0952. The van der Waals surface area contributed by atoms with E-state index in [1.807, 2.05) is 30.3 Å². The average molecular weight is 456 g/mol. The van der Waals surface area contributed by atoms with Gasteiger partial charge in [0, 0.05) is 30.1 Å². The number of ether oxygens (including phenoxy) is 1. The Morgan fingerprint density at radius 3 is 2.48 bits per heavy atom. The Labute approximate surface area is 176 Å². The minimum atomic E-state index is -0.429. The molecule has 0 aromatic heterocycles. The molecule has 0 saturated carbocycles. The third-order valence-electron chi connectivity index (χ3n) is 3.97. The van der Waals surface area contributed by atoms with Gasteiger partial charge in [-0.3, -0.25) is 14.9 Å². The highest BCUT2D eigenvalue weighted by molar-refractivity contribution is 9.10. The SMILES string of the molecule is O=C(COc1ccc(CNc2cccc([N+](=O)[O-])c2)cc1Br)Nc1ccccc1. The van der Waals surface area contributed by atoms with Crippen molar-refractivity contribution in [3.8, 4) is 5.75 Å². The molecule has 3 rings (SSSR count). The molecule has 3 aromatic rings. The van der Waals surface area contributed by atoms with Gasteiger partial charge in [-0.15, -0.1) is 0 Å². The number of amides is 1. The highest BCUT2D eigenvalue weighted by atomic mass is 79.9. The van der Waals surface area contributed by atoms with Gasteiger partial charge < -0.3 is 15.4 Å². The lowest BCUT2D eigenvalue weighted by molar-refractivity contribution is -0.384. The fourth-order valence-electron chi connectivity index (χ4n) is 2.57. The summed E-state index contributed by atoms with van der Waals surface area (Å²) in [7, 11) is 0. The lowest BCUT2D eigenvalue weighted by atomic mass is 10.2. The van der Waals surface area contributed by atoms with Crippen molar-refractivity contribution in [2.75, 3.05) is 17.2 Å². The van der Waals surface area contributed by atoms with Crippen LogP contribution in [0.1, 0.15) is 5.56 Å². The van der Waals surface area contributed by atoms with E-state index >= 15 is 0 Å². The molecular weight excluding hydrogens is 438 g/mol. The van der Waals surface area contributed by atoms with E-state index in [0.717, 1.165) is 5.56 Å². The summed E-state index contributed by atoms with van der Waals surface area (Å²) in [5, 5.41) is 16.8. The highest BCUT2D eigenvalue weighted by Crippen LogP contribution is 2.27. The van der Waals surface area contributed by atoms with Gasteiger partial charge in [0.25, 0.3) is 11.6 Å². The molecule has 0 atom stereocenters. The lowest BCUT2D eigenvalue weighted by Gasteiger charge is -2.11. The third kappa shape index (κ3) is 6.05. The number of nitro benzene ring substituents is 1. The third-order valence-corrected chi connectivity index (χ3v) is 4.59. The first-order valence-corrected chi connectivity index (χ1v) is 9.55. The van der Waals surface area contributed by atoms with Crippen LogP contribution in [0.4, 0.5) is 17.1 Å². The largest absolute Gasteiger partial charge is 0.483 e. The zero-order valence-corrected chi connectivity index (χ0v) is 16.9. The van der Waals surface area contributed by atoms with E-state index in [1.54, 1.807) is 30.3 Å². The van der Waals surface area contributed by atoms with Gasteiger partial charge in [-0.1, -0.05) is 30.3 Å². The van der Waals surface area contributed by atoms with Crippen LogP contribution in [0.15, 0.2) is 77.3 Å². The normalized spacial score (nSPS) is 10.2. The topological polar surface area (TPSA) is 93.5 Å². The molecule has 29 heavy (non-hydrogen) atoms. The van der Waals surface area contributed by atoms with Crippen molar-refractivity contribution in [3.63, 3.8) is 0 Å². The molecule has 0 spiro atoms. The molecule has 0 bridgehead atoms. The number of carbonyl (C=O) groups is 1. The van der Waals surface area contributed by atoms with E-state index in [2.05, 4.69) is 26.6 Å². The Balaban J connectivity index is 1.54. The zero-order valence-electron chi connectivity index (χ0n) is 15.3.